The molecule has 0 aliphatic heterocycles. The Kier molecular flexibility index (Phi) is 1.76. The molecule has 2 rings (SSSR count). The predicted molar refractivity (Wildman–Crippen MR) is 50.4 cm³/mol. The number of aryl methyl sites for hydroxylation is 1. The third-order valence-corrected chi connectivity index (χ3v) is 2.11. The molecule has 68 valence electrons. The molecule has 4 nitrogen and oxygen atoms in total. The van der Waals surface area contributed by atoms with Crippen molar-refractivity contribution in [2.75, 3.05) is 0 Å². The van der Waals surface area contributed by atoms with Crippen molar-refractivity contribution >= 4 is 11.2 Å². The van der Waals surface area contributed by atoms with E-state index < -0.39 is 0 Å². The first kappa shape index (κ1) is 8.16. The van der Waals surface area contributed by atoms with Crippen LogP contribution in [0.2, 0.25) is 0 Å². The zero-order chi connectivity index (χ0) is 9.42. The fourth-order valence-corrected chi connectivity index (χ4v) is 1.46. The largest absolute Gasteiger partial charge is 0.328 e. The Balaban J connectivity index is 2.74. The molecule has 0 N–H and O–H groups in total. The Hall–Kier alpha value is -1.45. The smallest absolute Gasteiger partial charge is 0.181 e. The topological polar surface area (TPSA) is 43.6 Å². The van der Waals surface area contributed by atoms with Crippen molar-refractivity contribution in [3.05, 3.63) is 18.3 Å². The van der Waals surface area contributed by atoms with Gasteiger partial charge >= 0.3 is 0 Å². The fraction of sp³-hybridized carbons (Fsp3) is 0.444. The van der Waals surface area contributed by atoms with E-state index in [1.165, 1.54) is 6.33 Å². The summed E-state index contributed by atoms with van der Waals surface area (Å²) in [7, 11) is 1.99. The first-order valence-corrected chi connectivity index (χ1v) is 4.32. The van der Waals surface area contributed by atoms with Crippen molar-refractivity contribution in [2.45, 2.75) is 19.8 Å². The number of aromatic nitrogens is 4. The molecule has 0 radical (unpaired) electrons. The molecule has 4 heteroatoms. The summed E-state index contributed by atoms with van der Waals surface area (Å²) in [5.41, 5.74) is 1.77. The van der Waals surface area contributed by atoms with Crippen LogP contribution >= 0.6 is 0 Å². The summed E-state index contributed by atoms with van der Waals surface area (Å²) in [4.78, 5) is 12.5. The molecule has 2 aromatic rings. The number of fused-ring (bicyclic) bond motifs is 1. The maximum absolute atomic E-state index is 4.42. The zero-order valence-corrected chi connectivity index (χ0v) is 8.02. The van der Waals surface area contributed by atoms with E-state index in [4.69, 9.17) is 0 Å². The summed E-state index contributed by atoms with van der Waals surface area (Å²) < 4.78 is 2.04. The second kappa shape index (κ2) is 2.80. The van der Waals surface area contributed by atoms with Gasteiger partial charge in [0.25, 0.3) is 0 Å². The van der Waals surface area contributed by atoms with E-state index in [0.29, 0.717) is 5.92 Å². The lowest BCUT2D eigenvalue weighted by Crippen LogP contribution is -1.99. The van der Waals surface area contributed by atoms with Gasteiger partial charge in [-0.05, 0) is 0 Å². The fourth-order valence-electron chi connectivity index (χ4n) is 1.46. The van der Waals surface area contributed by atoms with Crippen LogP contribution in [-0.4, -0.2) is 19.5 Å². The maximum Gasteiger partial charge on any atom is 0.181 e. The molecule has 0 aliphatic rings. The molecule has 0 spiro atoms. The highest BCUT2D eigenvalue weighted by Crippen LogP contribution is 2.17. The van der Waals surface area contributed by atoms with Crippen LogP contribution in [0.3, 0.4) is 0 Å². The Morgan fingerprint density at radius 1 is 1.38 bits per heavy atom. The molecule has 0 unspecified atom stereocenters. The highest BCUT2D eigenvalue weighted by Gasteiger charge is 2.10. The summed E-state index contributed by atoms with van der Waals surface area (Å²) in [5.74, 6) is 1.47. The molecule has 0 fully saturated rings. The van der Waals surface area contributed by atoms with Crippen LogP contribution in [0.25, 0.3) is 11.2 Å². The van der Waals surface area contributed by atoms with E-state index in [9.17, 15) is 0 Å². The van der Waals surface area contributed by atoms with Gasteiger partial charge in [0, 0.05) is 13.0 Å². The summed E-state index contributed by atoms with van der Waals surface area (Å²) in [5, 5.41) is 0. The van der Waals surface area contributed by atoms with Crippen LogP contribution in [0.5, 0.6) is 0 Å². The van der Waals surface area contributed by atoms with Gasteiger partial charge in [-0.3, -0.25) is 0 Å². The van der Waals surface area contributed by atoms with Gasteiger partial charge < -0.3 is 4.57 Å². The Morgan fingerprint density at radius 2 is 2.15 bits per heavy atom. The molecule has 0 aliphatic carbocycles. The number of hydrogen-bond donors (Lipinski definition) is 0. The summed E-state index contributed by atoms with van der Waals surface area (Å²) in [6.45, 7) is 4.24. The van der Waals surface area contributed by atoms with Crippen LogP contribution in [0.4, 0.5) is 0 Å². The molecular formula is C9H12N4. The molecule has 0 aromatic carbocycles. The maximum atomic E-state index is 4.42. The van der Waals surface area contributed by atoms with E-state index in [-0.39, 0.29) is 0 Å². The number of hydrogen-bond acceptors (Lipinski definition) is 3. The van der Waals surface area contributed by atoms with E-state index in [1.54, 1.807) is 6.20 Å². The SMILES string of the molecule is CC(C)c1nc2ncncc2n1C. The summed E-state index contributed by atoms with van der Waals surface area (Å²) in [6, 6.07) is 0. The van der Waals surface area contributed by atoms with Gasteiger partial charge in [0.15, 0.2) is 5.65 Å². The lowest BCUT2D eigenvalue weighted by Gasteiger charge is -2.03. The van der Waals surface area contributed by atoms with Gasteiger partial charge in [0.1, 0.15) is 17.7 Å². The van der Waals surface area contributed by atoms with Crippen LogP contribution < -0.4 is 0 Å². The van der Waals surface area contributed by atoms with E-state index in [2.05, 4.69) is 28.8 Å². The molecule has 0 atom stereocenters. The van der Waals surface area contributed by atoms with E-state index >= 15 is 0 Å². The second-order valence-electron chi connectivity index (χ2n) is 3.42. The van der Waals surface area contributed by atoms with Crippen molar-refractivity contribution in [1.82, 2.24) is 19.5 Å². The van der Waals surface area contributed by atoms with E-state index in [1.807, 2.05) is 11.6 Å². The van der Waals surface area contributed by atoms with Crippen molar-refractivity contribution in [3.8, 4) is 0 Å². The molecular weight excluding hydrogens is 164 g/mol. The number of nitrogens with zero attached hydrogens (tertiary/aromatic N) is 4. The van der Waals surface area contributed by atoms with Crippen molar-refractivity contribution in [3.63, 3.8) is 0 Å². The molecule has 0 saturated carbocycles. The molecule has 0 bridgehead atoms. The standard InChI is InChI=1S/C9H12N4/c1-6(2)9-12-8-7(13(9)3)4-10-5-11-8/h4-6H,1-3H3. The Bertz CT molecular complexity index is 430. The molecule has 2 heterocycles. The van der Waals surface area contributed by atoms with Crippen molar-refractivity contribution in [1.29, 1.82) is 0 Å². The number of imidazole rings is 1. The first-order chi connectivity index (χ1) is 6.20. The van der Waals surface area contributed by atoms with Gasteiger partial charge in [0.2, 0.25) is 0 Å². The van der Waals surface area contributed by atoms with Crippen molar-refractivity contribution < 1.29 is 0 Å². The molecule has 13 heavy (non-hydrogen) atoms. The van der Waals surface area contributed by atoms with Gasteiger partial charge in [-0.15, -0.1) is 0 Å². The molecule has 2 aromatic heterocycles. The average molecular weight is 176 g/mol. The molecule has 0 amide bonds. The zero-order valence-electron chi connectivity index (χ0n) is 8.02. The average Bonchev–Trinajstić information content (AvgIpc) is 2.45. The molecule has 0 saturated heterocycles. The predicted octanol–water partition coefficient (Wildman–Crippen LogP) is 1.49. The Labute approximate surface area is 76.7 Å². The van der Waals surface area contributed by atoms with Crippen LogP contribution in [0.1, 0.15) is 25.6 Å². The second-order valence-corrected chi connectivity index (χ2v) is 3.42. The van der Waals surface area contributed by atoms with Crippen LogP contribution in [-0.2, 0) is 7.05 Å². The highest BCUT2D eigenvalue weighted by atomic mass is 15.1. The highest BCUT2D eigenvalue weighted by molar-refractivity contribution is 5.70. The number of rotatable bonds is 1. The summed E-state index contributed by atoms with van der Waals surface area (Å²) >= 11 is 0. The van der Waals surface area contributed by atoms with Gasteiger partial charge in [-0.1, -0.05) is 13.8 Å². The summed E-state index contributed by atoms with van der Waals surface area (Å²) in [6.07, 6.45) is 3.32. The van der Waals surface area contributed by atoms with Crippen LogP contribution in [0, 0.1) is 0 Å². The minimum atomic E-state index is 0.416. The third kappa shape index (κ3) is 1.18. The van der Waals surface area contributed by atoms with Crippen molar-refractivity contribution in [2.24, 2.45) is 7.05 Å². The minimum absolute atomic E-state index is 0.416. The van der Waals surface area contributed by atoms with E-state index in [0.717, 1.165) is 17.0 Å². The minimum Gasteiger partial charge on any atom is -0.328 e. The van der Waals surface area contributed by atoms with Crippen LogP contribution in [0.15, 0.2) is 12.5 Å². The monoisotopic (exact) mass is 176 g/mol. The normalized spacial score (nSPS) is 11.4. The third-order valence-electron chi connectivity index (χ3n) is 2.11. The quantitative estimate of drug-likeness (QED) is 0.661. The van der Waals surface area contributed by atoms with Gasteiger partial charge in [0.05, 0.1) is 6.20 Å². The van der Waals surface area contributed by atoms with Gasteiger partial charge in [-0.25, -0.2) is 15.0 Å². The Morgan fingerprint density at radius 3 is 2.77 bits per heavy atom. The lowest BCUT2D eigenvalue weighted by molar-refractivity contribution is 0.722. The van der Waals surface area contributed by atoms with Gasteiger partial charge in [-0.2, -0.15) is 0 Å². The first-order valence-electron chi connectivity index (χ1n) is 4.32. The lowest BCUT2D eigenvalue weighted by atomic mass is 10.2.